The summed E-state index contributed by atoms with van der Waals surface area (Å²) in [5, 5.41) is 33.5. The minimum absolute atomic E-state index is 0.0432. The minimum Gasteiger partial charge on any atom is -0.394 e. The van der Waals surface area contributed by atoms with E-state index in [9.17, 15) is 20.1 Å². The maximum Gasteiger partial charge on any atom is 0.222 e. The Hall–Kier alpha value is -0.650. The van der Waals surface area contributed by atoms with E-state index in [1.165, 1.54) is 257 Å². The Bertz CT molecular complexity index is 792. The molecule has 5 nitrogen and oxygen atoms in total. The van der Waals surface area contributed by atoms with Crippen LogP contribution in [-0.2, 0) is 4.79 Å². The quantitative estimate of drug-likeness (QED) is 0.0460. The Morgan fingerprint density at radius 1 is 0.356 bits per heavy atom. The van der Waals surface area contributed by atoms with Crippen molar-refractivity contribution in [2.45, 2.75) is 334 Å². The van der Waals surface area contributed by atoms with Gasteiger partial charge < -0.3 is 20.6 Å². The standard InChI is InChI=1S/C54H109NO4/c1-3-5-7-9-11-13-15-17-18-19-20-21-22-23-24-25-26-27-28-29-30-31-32-33-34-36-37-39-41-43-45-47-51(57)49-54(59)55-52(50-56)53(58)48-46-44-42-40-38-35-16-14-12-10-8-6-4-2/h51-53,56-58H,3-50H2,1-2H3,(H,55,59). The Kier molecular flexibility index (Phi) is 49.4. The van der Waals surface area contributed by atoms with Gasteiger partial charge in [0.05, 0.1) is 31.3 Å². The predicted octanol–water partition coefficient (Wildman–Crippen LogP) is 16.6. The largest absolute Gasteiger partial charge is 0.394 e. The van der Waals surface area contributed by atoms with Crippen LogP contribution in [0.4, 0.5) is 0 Å². The number of unbranched alkanes of at least 4 members (excludes halogenated alkanes) is 42. The van der Waals surface area contributed by atoms with E-state index in [-0.39, 0.29) is 18.9 Å². The molecule has 3 unspecified atom stereocenters. The van der Waals surface area contributed by atoms with Crippen molar-refractivity contribution in [1.82, 2.24) is 5.32 Å². The fourth-order valence-electron chi connectivity index (χ4n) is 9.00. The zero-order valence-electron chi connectivity index (χ0n) is 40.4. The summed E-state index contributed by atoms with van der Waals surface area (Å²) in [5.74, 6) is -0.276. The van der Waals surface area contributed by atoms with Crippen LogP contribution in [0.25, 0.3) is 0 Å². The highest BCUT2D eigenvalue weighted by Gasteiger charge is 2.21. The first kappa shape index (κ1) is 58.4. The third-order valence-electron chi connectivity index (χ3n) is 13.2. The van der Waals surface area contributed by atoms with Gasteiger partial charge in [-0.2, -0.15) is 0 Å². The molecule has 0 bridgehead atoms. The number of amides is 1. The molecule has 0 spiro atoms. The van der Waals surface area contributed by atoms with Gasteiger partial charge in [0.15, 0.2) is 0 Å². The lowest BCUT2D eigenvalue weighted by Crippen LogP contribution is -2.46. The number of carbonyl (C=O) groups excluding carboxylic acids is 1. The van der Waals surface area contributed by atoms with Crippen LogP contribution in [0, 0.1) is 0 Å². The van der Waals surface area contributed by atoms with Gasteiger partial charge in [-0.1, -0.05) is 296 Å². The molecule has 1 amide bonds. The topological polar surface area (TPSA) is 89.8 Å². The van der Waals surface area contributed by atoms with Crippen LogP contribution in [0.15, 0.2) is 0 Å². The number of hydrogen-bond donors (Lipinski definition) is 4. The van der Waals surface area contributed by atoms with E-state index in [0.29, 0.717) is 12.8 Å². The summed E-state index contributed by atoms with van der Waals surface area (Å²) in [7, 11) is 0. The average Bonchev–Trinajstić information content (AvgIpc) is 3.23. The van der Waals surface area contributed by atoms with Gasteiger partial charge >= 0.3 is 0 Å². The van der Waals surface area contributed by atoms with Crippen LogP contribution in [0.5, 0.6) is 0 Å². The Labute approximate surface area is 370 Å². The molecule has 4 N–H and O–H groups in total. The highest BCUT2D eigenvalue weighted by atomic mass is 16.3. The molecular weight excluding hydrogens is 727 g/mol. The smallest absolute Gasteiger partial charge is 0.222 e. The van der Waals surface area contributed by atoms with Crippen LogP contribution in [0.1, 0.15) is 316 Å². The molecule has 0 rings (SSSR count). The van der Waals surface area contributed by atoms with Gasteiger partial charge in [-0.15, -0.1) is 0 Å². The molecule has 0 heterocycles. The number of aliphatic hydroxyl groups is 3. The van der Waals surface area contributed by atoms with Crippen LogP contribution >= 0.6 is 0 Å². The van der Waals surface area contributed by atoms with E-state index in [0.717, 1.165) is 25.7 Å². The summed E-state index contributed by atoms with van der Waals surface area (Å²) < 4.78 is 0. The maximum atomic E-state index is 12.5. The van der Waals surface area contributed by atoms with E-state index in [2.05, 4.69) is 19.2 Å². The van der Waals surface area contributed by atoms with Gasteiger partial charge in [0.1, 0.15) is 0 Å². The lowest BCUT2D eigenvalue weighted by atomic mass is 10.0. The monoisotopic (exact) mass is 836 g/mol. The third kappa shape index (κ3) is 46.7. The first-order valence-electron chi connectivity index (χ1n) is 27.3. The van der Waals surface area contributed by atoms with Crippen molar-refractivity contribution in [2.24, 2.45) is 0 Å². The number of rotatable bonds is 51. The fourth-order valence-corrected chi connectivity index (χ4v) is 9.00. The van der Waals surface area contributed by atoms with Gasteiger partial charge in [0, 0.05) is 0 Å². The molecular formula is C54H109NO4. The molecule has 0 aromatic heterocycles. The normalized spacial score (nSPS) is 13.2. The summed E-state index contributed by atoms with van der Waals surface area (Å²) in [6.07, 6.45) is 59.8. The van der Waals surface area contributed by atoms with Crippen molar-refractivity contribution in [2.75, 3.05) is 6.61 Å². The molecule has 59 heavy (non-hydrogen) atoms. The Morgan fingerprint density at radius 3 is 0.814 bits per heavy atom. The Morgan fingerprint density at radius 2 is 0.576 bits per heavy atom. The van der Waals surface area contributed by atoms with Gasteiger partial charge in [-0.3, -0.25) is 4.79 Å². The predicted molar refractivity (Wildman–Crippen MR) is 259 cm³/mol. The summed E-state index contributed by atoms with van der Waals surface area (Å²) in [6, 6.07) is -0.653. The number of nitrogens with one attached hydrogen (secondary N) is 1. The van der Waals surface area contributed by atoms with E-state index < -0.39 is 18.2 Å². The second-order valence-electron chi connectivity index (χ2n) is 19.2. The van der Waals surface area contributed by atoms with Gasteiger partial charge in [-0.05, 0) is 12.8 Å². The third-order valence-corrected chi connectivity index (χ3v) is 13.2. The molecule has 0 aliphatic carbocycles. The molecule has 0 fully saturated rings. The lowest BCUT2D eigenvalue weighted by molar-refractivity contribution is -0.125. The second kappa shape index (κ2) is 50.0. The van der Waals surface area contributed by atoms with E-state index >= 15 is 0 Å². The summed E-state index contributed by atoms with van der Waals surface area (Å²) in [5.41, 5.74) is 0. The van der Waals surface area contributed by atoms with Crippen LogP contribution < -0.4 is 5.32 Å². The number of aliphatic hydroxyl groups excluding tert-OH is 3. The SMILES string of the molecule is CCCCCCCCCCCCCCCCCCCCCCCCCCCCCCCCCC(O)CC(=O)NC(CO)C(O)CCCCCCCCCCCCCCC. The summed E-state index contributed by atoms with van der Waals surface area (Å²) >= 11 is 0. The molecule has 5 heteroatoms. The van der Waals surface area contributed by atoms with Crippen LogP contribution in [0.2, 0.25) is 0 Å². The summed E-state index contributed by atoms with van der Waals surface area (Å²) in [6.45, 7) is 4.29. The lowest BCUT2D eigenvalue weighted by Gasteiger charge is -2.23. The summed E-state index contributed by atoms with van der Waals surface area (Å²) in [4.78, 5) is 12.5. The average molecular weight is 836 g/mol. The van der Waals surface area contributed by atoms with E-state index in [4.69, 9.17) is 0 Å². The van der Waals surface area contributed by atoms with Gasteiger partial charge in [0.25, 0.3) is 0 Å². The van der Waals surface area contributed by atoms with Gasteiger partial charge in [0.2, 0.25) is 5.91 Å². The first-order chi connectivity index (χ1) is 29.0. The molecule has 0 aliphatic heterocycles. The van der Waals surface area contributed by atoms with Crippen molar-refractivity contribution in [3.05, 3.63) is 0 Å². The molecule has 354 valence electrons. The molecule has 0 saturated heterocycles. The molecule has 3 atom stereocenters. The molecule has 0 radical (unpaired) electrons. The second-order valence-corrected chi connectivity index (χ2v) is 19.2. The number of hydrogen-bond acceptors (Lipinski definition) is 4. The van der Waals surface area contributed by atoms with Crippen molar-refractivity contribution in [3.8, 4) is 0 Å². The van der Waals surface area contributed by atoms with Crippen molar-refractivity contribution in [3.63, 3.8) is 0 Å². The van der Waals surface area contributed by atoms with Crippen molar-refractivity contribution in [1.29, 1.82) is 0 Å². The van der Waals surface area contributed by atoms with Crippen LogP contribution in [0.3, 0.4) is 0 Å². The molecule has 0 aromatic carbocycles. The molecule has 0 saturated carbocycles. The maximum absolute atomic E-state index is 12.5. The van der Waals surface area contributed by atoms with Crippen molar-refractivity contribution < 1.29 is 20.1 Å². The molecule has 0 aromatic rings. The molecule has 0 aliphatic rings. The fraction of sp³-hybridized carbons (Fsp3) is 0.981. The Balaban J connectivity index is 3.43. The highest BCUT2D eigenvalue weighted by molar-refractivity contribution is 5.76. The zero-order chi connectivity index (χ0) is 43.0. The van der Waals surface area contributed by atoms with E-state index in [1.54, 1.807) is 0 Å². The van der Waals surface area contributed by atoms with E-state index in [1.807, 2.05) is 0 Å². The van der Waals surface area contributed by atoms with Crippen molar-refractivity contribution >= 4 is 5.91 Å². The van der Waals surface area contributed by atoms with Crippen LogP contribution in [-0.4, -0.2) is 46.1 Å². The minimum atomic E-state index is -0.744. The number of carbonyl (C=O) groups is 1. The first-order valence-corrected chi connectivity index (χ1v) is 27.3. The zero-order valence-corrected chi connectivity index (χ0v) is 40.4. The highest BCUT2D eigenvalue weighted by Crippen LogP contribution is 2.18. The van der Waals surface area contributed by atoms with Gasteiger partial charge in [-0.25, -0.2) is 0 Å².